The Bertz CT molecular complexity index is 538. The lowest BCUT2D eigenvalue weighted by Gasteiger charge is -2.07. The molecule has 0 bridgehead atoms. The van der Waals surface area contributed by atoms with Crippen LogP contribution in [-0.2, 0) is 6.42 Å². The van der Waals surface area contributed by atoms with Crippen molar-refractivity contribution in [3.05, 3.63) is 33.8 Å². The van der Waals surface area contributed by atoms with E-state index >= 15 is 0 Å². The van der Waals surface area contributed by atoms with Crippen LogP contribution in [0.4, 0.5) is 5.82 Å². The number of fused-ring (bicyclic) bond motifs is 1. The van der Waals surface area contributed by atoms with E-state index < -0.39 is 0 Å². The van der Waals surface area contributed by atoms with Crippen molar-refractivity contribution in [3.63, 3.8) is 0 Å². The highest BCUT2D eigenvalue weighted by Gasteiger charge is 2.07. The molecule has 0 unspecified atom stereocenters. The lowest BCUT2D eigenvalue weighted by Crippen LogP contribution is -1.98. The standard InChI is InChI=1S/C12H12Cl2N2/c1-2-3-7-4-9-10(14)5-8(13)6-11(9)16-12(7)15/h4-6H,2-3H2,1H3,(H2,15,16). The Balaban J connectivity index is 2.69. The van der Waals surface area contributed by atoms with E-state index in [4.69, 9.17) is 28.9 Å². The van der Waals surface area contributed by atoms with Gasteiger partial charge in [0.25, 0.3) is 0 Å². The number of pyridine rings is 1. The van der Waals surface area contributed by atoms with Gasteiger partial charge in [-0.2, -0.15) is 0 Å². The Morgan fingerprint density at radius 1 is 1.25 bits per heavy atom. The van der Waals surface area contributed by atoms with E-state index in [1.54, 1.807) is 12.1 Å². The molecule has 1 heterocycles. The third-order valence-electron chi connectivity index (χ3n) is 2.48. The molecule has 2 rings (SSSR count). The molecule has 0 amide bonds. The van der Waals surface area contributed by atoms with Crippen LogP contribution in [0.5, 0.6) is 0 Å². The van der Waals surface area contributed by atoms with Crippen molar-refractivity contribution in [1.29, 1.82) is 0 Å². The Kier molecular flexibility index (Phi) is 3.22. The minimum absolute atomic E-state index is 0.563. The number of benzene rings is 1. The first-order valence-electron chi connectivity index (χ1n) is 5.16. The highest BCUT2D eigenvalue weighted by molar-refractivity contribution is 6.38. The van der Waals surface area contributed by atoms with Crippen LogP contribution in [0, 0.1) is 0 Å². The van der Waals surface area contributed by atoms with E-state index in [0.29, 0.717) is 15.9 Å². The Morgan fingerprint density at radius 3 is 2.69 bits per heavy atom. The number of aryl methyl sites for hydroxylation is 1. The molecular formula is C12H12Cl2N2. The van der Waals surface area contributed by atoms with Gasteiger partial charge in [0.15, 0.2) is 0 Å². The maximum absolute atomic E-state index is 6.12. The number of hydrogen-bond acceptors (Lipinski definition) is 2. The number of halogens is 2. The molecule has 0 aliphatic rings. The maximum atomic E-state index is 6.12. The summed E-state index contributed by atoms with van der Waals surface area (Å²) >= 11 is 12.0. The van der Waals surface area contributed by atoms with Crippen LogP contribution in [0.3, 0.4) is 0 Å². The molecule has 2 N–H and O–H groups in total. The monoisotopic (exact) mass is 254 g/mol. The summed E-state index contributed by atoms with van der Waals surface area (Å²) in [4.78, 5) is 4.32. The van der Waals surface area contributed by atoms with Crippen LogP contribution in [0.2, 0.25) is 10.0 Å². The molecule has 1 aromatic carbocycles. The van der Waals surface area contributed by atoms with Gasteiger partial charge in [0, 0.05) is 10.4 Å². The topological polar surface area (TPSA) is 38.9 Å². The van der Waals surface area contributed by atoms with Crippen molar-refractivity contribution in [3.8, 4) is 0 Å². The molecule has 84 valence electrons. The van der Waals surface area contributed by atoms with Gasteiger partial charge in [0.1, 0.15) is 5.82 Å². The molecule has 0 saturated heterocycles. The van der Waals surface area contributed by atoms with Gasteiger partial charge in [-0.25, -0.2) is 4.98 Å². The summed E-state index contributed by atoms with van der Waals surface area (Å²) in [5, 5.41) is 2.10. The summed E-state index contributed by atoms with van der Waals surface area (Å²) in [6, 6.07) is 5.49. The predicted octanol–water partition coefficient (Wildman–Crippen LogP) is 4.08. The van der Waals surface area contributed by atoms with Crippen molar-refractivity contribution in [2.75, 3.05) is 5.73 Å². The third-order valence-corrected chi connectivity index (χ3v) is 3.01. The molecule has 1 aromatic heterocycles. The van der Waals surface area contributed by atoms with Crippen LogP contribution in [0.25, 0.3) is 10.9 Å². The fraction of sp³-hybridized carbons (Fsp3) is 0.250. The quantitative estimate of drug-likeness (QED) is 0.878. The second-order valence-electron chi connectivity index (χ2n) is 3.74. The van der Waals surface area contributed by atoms with Crippen molar-refractivity contribution in [2.45, 2.75) is 19.8 Å². The number of hydrogen-bond donors (Lipinski definition) is 1. The Labute approximate surface area is 104 Å². The number of nitrogens with two attached hydrogens (primary N) is 1. The zero-order valence-electron chi connectivity index (χ0n) is 8.93. The van der Waals surface area contributed by atoms with Gasteiger partial charge in [-0.15, -0.1) is 0 Å². The summed E-state index contributed by atoms with van der Waals surface area (Å²) in [6.07, 6.45) is 1.94. The number of nitrogens with zero attached hydrogens (tertiary/aromatic N) is 1. The first-order chi connectivity index (χ1) is 7.61. The number of nitrogen functional groups attached to an aromatic ring is 1. The van der Waals surface area contributed by atoms with E-state index in [1.165, 1.54) is 0 Å². The lowest BCUT2D eigenvalue weighted by atomic mass is 10.1. The minimum Gasteiger partial charge on any atom is -0.383 e. The van der Waals surface area contributed by atoms with Crippen molar-refractivity contribution >= 4 is 39.9 Å². The van der Waals surface area contributed by atoms with Gasteiger partial charge in [-0.1, -0.05) is 36.5 Å². The van der Waals surface area contributed by atoms with Crippen LogP contribution in [0.1, 0.15) is 18.9 Å². The van der Waals surface area contributed by atoms with Gasteiger partial charge in [-0.3, -0.25) is 0 Å². The largest absolute Gasteiger partial charge is 0.383 e. The summed E-state index contributed by atoms with van der Waals surface area (Å²) < 4.78 is 0. The first-order valence-corrected chi connectivity index (χ1v) is 5.91. The van der Waals surface area contributed by atoms with E-state index in [-0.39, 0.29) is 0 Å². The van der Waals surface area contributed by atoms with Gasteiger partial charge < -0.3 is 5.73 Å². The van der Waals surface area contributed by atoms with Gasteiger partial charge in [0.05, 0.1) is 10.5 Å². The van der Waals surface area contributed by atoms with Crippen LogP contribution in [-0.4, -0.2) is 4.98 Å². The molecule has 0 aliphatic carbocycles. The van der Waals surface area contributed by atoms with Crippen molar-refractivity contribution < 1.29 is 0 Å². The van der Waals surface area contributed by atoms with Crippen LogP contribution in [0.15, 0.2) is 18.2 Å². The number of anilines is 1. The average Bonchev–Trinajstić information content (AvgIpc) is 2.20. The SMILES string of the molecule is CCCc1cc2c(Cl)cc(Cl)cc2nc1N. The summed E-state index contributed by atoms with van der Waals surface area (Å²) in [5.41, 5.74) is 7.66. The van der Waals surface area contributed by atoms with Crippen LogP contribution < -0.4 is 5.73 Å². The Morgan fingerprint density at radius 2 is 2.00 bits per heavy atom. The maximum Gasteiger partial charge on any atom is 0.127 e. The molecule has 16 heavy (non-hydrogen) atoms. The predicted molar refractivity (Wildman–Crippen MR) is 70.2 cm³/mol. The Hall–Kier alpha value is -0.990. The average molecular weight is 255 g/mol. The molecule has 4 heteroatoms. The second kappa shape index (κ2) is 4.48. The molecule has 0 aliphatic heterocycles. The van der Waals surface area contributed by atoms with E-state index in [2.05, 4.69) is 11.9 Å². The molecule has 0 atom stereocenters. The highest BCUT2D eigenvalue weighted by Crippen LogP contribution is 2.29. The molecule has 0 spiro atoms. The van der Waals surface area contributed by atoms with Gasteiger partial charge in [0.2, 0.25) is 0 Å². The summed E-state index contributed by atoms with van der Waals surface area (Å²) in [5.74, 6) is 0.563. The molecule has 0 radical (unpaired) electrons. The van der Waals surface area contributed by atoms with E-state index in [9.17, 15) is 0 Å². The van der Waals surface area contributed by atoms with Gasteiger partial charge >= 0.3 is 0 Å². The number of aromatic nitrogens is 1. The highest BCUT2D eigenvalue weighted by atomic mass is 35.5. The third kappa shape index (κ3) is 2.08. The number of rotatable bonds is 2. The molecule has 2 aromatic rings. The van der Waals surface area contributed by atoms with Gasteiger partial charge in [-0.05, 0) is 30.2 Å². The molecule has 0 fully saturated rings. The van der Waals surface area contributed by atoms with Crippen molar-refractivity contribution in [1.82, 2.24) is 4.98 Å². The minimum atomic E-state index is 0.563. The summed E-state index contributed by atoms with van der Waals surface area (Å²) in [6.45, 7) is 2.10. The van der Waals surface area contributed by atoms with E-state index in [1.807, 2.05) is 6.07 Å². The van der Waals surface area contributed by atoms with E-state index in [0.717, 1.165) is 29.3 Å². The lowest BCUT2D eigenvalue weighted by molar-refractivity contribution is 0.921. The molecule has 2 nitrogen and oxygen atoms in total. The summed E-state index contributed by atoms with van der Waals surface area (Å²) in [7, 11) is 0. The fourth-order valence-corrected chi connectivity index (χ4v) is 2.26. The van der Waals surface area contributed by atoms with Crippen LogP contribution >= 0.6 is 23.2 Å². The zero-order valence-corrected chi connectivity index (χ0v) is 10.4. The molecule has 0 saturated carbocycles. The van der Waals surface area contributed by atoms with Crippen molar-refractivity contribution in [2.24, 2.45) is 0 Å². The zero-order chi connectivity index (χ0) is 11.7. The first kappa shape index (κ1) is 11.5. The smallest absolute Gasteiger partial charge is 0.127 e. The normalized spacial score (nSPS) is 10.9. The fourth-order valence-electron chi connectivity index (χ4n) is 1.73. The second-order valence-corrected chi connectivity index (χ2v) is 4.58. The molecular weight excluding hydrogens is 243 g/mol.